The second-order valence-electron chi connectivity index (χ2n) is 18.2. The molecular formula is C53H78F3N11O9. The number of anilines is 2. The number of nitrogens with zero attached hydrogens (tertiary/aromatic N) is 7. The molecule has 3 aromatic heterocycles. The van der Waals surface area contributed by atoms with Gasteiger partial charge in [-0.1, -0.05) is 12.1 Å². The first kappa shape index (κ1) is 62.6. The molecule has 3 aliphatic rings. The number of aromatic nitrogens is 4. The average molecular weight is 1070 g/mol. The van der Waals surface area contributed by atoms with Crippen LogP contribution >= 0.6 is 0 Å². The zero-order valence-electron chi connectivity index (χ0n) is 44.6. The summed E-state index contributed by atoms with van der Waals surface area (Å²) < 4.78 is 66.3. The van der Waals surface area contributed by atoms with E-state index in [0.29, 0.717) is 140 Å². The van der Waals surface area contributed by atoms with Gasteiger partial charge in [0, 0.05) is 69.0 Å². The molecule has 2 aliphatic heterocycles. The maximum Gasteiger partial charge on any atom is 0.416 e. The van der Waals surface area contributed by atoms with Gasteiger partial charge in [-0.25, -0.2) is 15.0 Å². The van der Waals surface area contributed by atoms with Crippen LogP contribution in [0, 0.1) is 0 Å². The zero-order valence-corrected chi connectivity index (χ0v) is 44.6. The standard InChI is InChI=1S/C23H30F3N5O.C19H31N3O7.C10H12N2O.CH5N/c1-14(2)30(3)16-5-7-17(8-6-16)31-11-10-20(22(31)32)29-21-18-12-15(23(24,25)26)4-9-19(18)27-13-28-21;23-16-18-2-1-3-19(22-18)21-5-7-26-9-11-28-13-15-29-14-12-27-10-8-25-6-4-20-17-24;1-12-9(4-5-10(12)13)8-3-2-6-11-7-8;1-2/h4,9,12-14,16-17,20H,5-8,10-11H2,1-3H3,(H,27,28,29);1-3,16-17H,4-15H2,(H,20,24)(H,21,22);2-3,6-7,9H,4-5H2,1H3;2H2,1H3. The number of ether oxygens (including phenoxy) is 5. The minimum absolute atomic E-state index is 0.00408. The molecule has 23 heteroatoms. The predicted molar refractivity (Wildman–Crippen MR) is 283 cm³/mol. The van der Waals surface area contributed by atoms with Crippen LogP contribution in [0.5, 0.6) is 0 Å². The van der Waals surface area contributed by atoms with Crippen LogP contribution in [0.2, 0.25) is 0 Å². The van der Waals surface area contributed by atoms with Crippen molar-refractivity contribution in [3.63, 3.8) is 0 Å². The van der Waals surface area contributed by atoms with E-state index in [1.165, 1.54) is 19.4 Å². The SMILES string of the molecule is CC(C)N(C)C1CCC(N2CCC(Nc3ncnc4ccc(C(F)(F)F)cc34)C2=O)CC1.CN.CN1C(=O)CCC1c1cccnc1.O=CNCCOCCOCCOCCOCCOCCNc1cccc(C=O)n1. The van der Waals surface area contributed by atoms with E-state index >= 15 is 0 Å². The summed E-state index contributed by atoms with van der Waals surface area (Å²) in [7, 11) is 5.51. The summed E-state index contributed by atoms with van der Waals surface area (Å²) in [5.74, 6) is 1.15. The summed E-state index contributed by atoms with van der Waals surface area (Å²) >= 11 is 0. The molecule has 5 heterocycles. The number of hydrogen-bond donors (Lipinski definition) is 4. The van der Waals surface area contributed by atoms with Crippen molar-refractivity contribution in [2.45, 2.75) is 95.2 Å². The maximum atomic E-state index is 13.2. The highest BCUT2D eigenvalue weighted by atomic mass is 19.4. The number of likely N-dealkylation sites (tertiary alicyclic amines) is 2. The van der Waals surface area contributed by atoms with Crippen molar-refractivity contribution >= 4 is 47.0 Å². The molecule has 0 radical (unpaired) electrons. The van der Waals surface area contributed by atoms with Crippen molar-refractivity contribution in [2.75, 3.05) is 117 Å². The molecule has 4 aromatic rings. The number of benzene rings is 1. The fourth-order valence-corrected chi connectivity index (χ4v) is 8.72. The van der Waals surface area contributed by atoms with Crippen molar-refractivity contribution in [2.24, 2.45) is 5.73 Å². The lowest BCUT2D eigenvalue weighted by molar-refractivity contribution is -0.137. The van der Waals surface area contributed by atoms with Crippen molar-refractivity contribution in [1.82, 2.24) is 40.0 Å². The number of carbonyl (C=O) groups is 4. The second-order valence-corrected chi connectivity index (χ2v) is 18.2. The molecule has 3 amide bonds. The Morgan fingerprint density at radius 1 is 0.816 bits per heavy atom. The molecule has 2 unspecified atom stereocenters. The summed E-state index contributed by atoms with van der Waals surface area (Å²) in [5.41, 5.74) is 5.68. The van der Waals surface area contributed by atoms with Gasteiger partial charge in [0.1, 0.15) is 29.7 Å². The summed E-state index contributed by atoms with van der Waals surface area (Å²) in [6.45, 7) is 11.1. The second kappa shape index (κ2) is 34.7. The number of halogens is 3. The highest BCUT2D eigenvalue weighted by molar-refractivity contribution is 5.93. The van der Waals surface area contributed by atoms with Crippen molar-refractivity contribution < 1.29 is 56.0 Å². The predicted octanol–water partition coefficient (Wildman–Crippen LogP) is 5.40. The van der Waals surface area contributed by atoms with Gasteiger partial charge in [0.15, 0.2) is 6.29 Å². The minimum Gasteiger partial charge on any atom is -0.377 e. The van der Waals surface area contributed by atoms with Gasteiger partial charge in [0.25, 0.3) is 0 Å². The molecule has 1 saturated carbocycles. The number of rotatable bonds is 27. The maximum absolute atomic E-state index is 13.2. The van der Waals surface area contributed by atoms with E-state index in [-0.39, 0.29) is 35.1 Å². The lowest BCUT2D eigenvalue weighted by Crippen LogP contribution is -2.46. The third kappa shape index (κ3) is 21.2. The first-order chi connectivity index (χ1) is 36.8. The number of amides is 3. The van der Waals surface area contributed by atoms with E-state index in [4.69, 9.17) is 23.7 Å². The van der Waals surface area contributed by atoms with E-state index in [1.807, 2.05) is 30.3 Å². The van der Waals surface area contributed by atoms with Crippen LogP contribution in [0.1, 0.15) is 86.5 Å². The smallest absolute Gasteiger partial charge is 0.377 e. The Hall–Kier alpha value is -5.95. The molecule has 20 nitrogen and oxygen atoms in total. The monoisotopic (exact) mass is 1070 g/mol. The van der Waals surface area contributed by atoms with Crippen LogP contribution in [-0.2, 0) is 44.2 Å². The molecule has 420 valence electrons. The fraction of sp³-hybridized carbons (Fsp3) is 0.585. The van der Waals surface area contributed by atoms with Gasteiger partial charge in [-0.3, -0.25) is 24.2 Å². The molecule has 2 saturated heterocycles. The van der Waals surface area contributed by atoms with Crippen LogP contribution < -0.4 is 21.7 Å². The van der Waals surface area contributed by atoms with Gasteiger partial charge in [-0.05, 0) is 108 Å². The summed E-state index contributed by atoms with van der Waals surface area (Å²) in [4.78, 5) is 67.6. The first-order valence-electron chi connectivity index (χ1n) is 25.9. The van der Waals surface area contributed by atoms with Crippen LogP contribution in [-0.4, -0.2) is 190 Å². The molecule has 1 aliphatic carbocycles. The molecule has 3 fully saturated rings. The Morgan fingerprint density at radius 3 is 2.03 bits per heavy atom. The average Bonchev–Trinajstić information content (AvgIpc) is 3.98. The third-order valence-electron chi connectivity index (χ3n) is 13.0. The summed E-state index contributed by atoms with van der Waals surface area (Å²) in [6, 6.07) is 13.6. The van der Waals surface area contributed by atoms with Crippen molar-refractivity contribution in [1.29, 1.82) is 0 Å². The summed E-state index contributed by atoms with van der Waals surface area (Å²) in [5, 5.41) is 8.97. The minimum atomic E-state index is -4.45. The number of hydrogen-bond acceptors (Lipinski definition) is 17. The molecule has 0 spiro atoms. The van der Waals surface area contributed by atoms with Crippen LogP contribution in [0.3, 0.4) is 0 Å². The van der Waals surface area contributed by atoms with Gasteiger partial charge in [-0.15, -0.1) is 0 Å². The lowest BCUT2D eigenvalue weighted by atomic mass is 9.89. The van der Waals surface area contributed by atoms with E-state index in [9.17, 15) is 32.3 Å². The first-order valence-corrected chi connectivity index (χ1v) is 25.9. The van der Waals surface area contributed by atoms with Gasteiger partial charge < -0.3 is 60.1 Å². The van der Waals surface area contributed by atoms with Crippen molar-refractivity contribution in [3.05, 3.63) is 84.1 Å². The number of carbonyl (C=O) groups excluding carboxylic acids is 4. The third-order valence-corrected chi connectivity index (χ3v) is 13.0. The largest absolute Gasteiger partial charge is 0.416 e. The van der Waals surface area contributed by atoms with Gasteiger partial charge >= 0.3 is 6.18 Å². The fourth-order valence-electron chi connectivity index (χ4n) is 8.72. The lowest BCUT2D eigenvalue weighted by Gasteiger charge is -2.39. The van der Waals surface area contributed by atoms with Gasteiger partial charge in [-0.2, -0.15) is 13.2 Å². The quantitative estimate of drug-likeness (QED) is 0.0432. The number of fused-ring (bicyclic) bond motifs is 1. The van der Waals surface area contributed by atoms with E-state index in [0.717, 1.165) is 49.8 Å². The molecule has 1 aromatic carbocycles. The van der Waals surface area contributed by atoms with E-state index in [1.54, 1.807) is 29.3 Å². The molecule has 76 heavy (non-hydrogen) atoms. The molecule has 2 atom stereocenters. The molecule has 0 bridgehead atoms. The Morgan fingerprint density at radius 2 is 1.46 bits per heavy atom. The Labute approximate surface area is 444 Å². The summed E-state index contributed by atoms with van der Waals surface area (Å²) in [6.07, 6.45) is 8.07. The number of pyridine rings is 2. The molecule has 7 rings (SSSR count). The number of aldehydes is 1. The Kier molecular flexibility index (Phi) is 28.5. The van der Waals surface area contributed by atoms with Gasteiger partial charge in [0.2, 0.25) is 18.2 Å². The Balaban J connectivity index is 0.000000260. The highest BCUT2D eigenvalue weighted by Gasteiger charge is 2.39. The number of alkyl halides is 3. The van der Waals surface area contributed by atoms with Gasteiger partial charge in [0.05, 0.1) is 83.2 Å². The zero-order chi connectivity index (χ0) is 55.1. The number of nitrogens with one attached hydrogen (secondary N) is 3. The normalized spacial score (nSPS) is 18.4. The molecular weight excluding hydrogens is 992 g/mol. The topological polar surface area (TPSA) is 238 Å². The Bertz CT molecular complexity index is 2300. The molecule has 5 N–H and O–H groups in total. The van der Waals surface area contributed by atoms with E-state index in [2.05, 4.69) is 67.4 Å². The van der Waals surface area contributed by atoms with Crippen LogP contribution in [0.4, 0.5) is 24.8 Å². The highest BCUT2D eigenvalue weighted by Crippen LogP contribution is 2.35. The van der Waals surface area contributed by atoms with Crippen LogP contribution in [0.15, 0.2) is 67.3 Å². The van der Waals surface area contributed by atoms with Crippen molar-refractivity contribution in [3.8, 4) is 0 Å². The number of nitrogens with two attached hydrogens (primary N) is 1. The van der Waals surface area contributed by atoms with Crippen LogP contribution in [0.25, 0.3) is 10.9 Å². The van der Waals surface area contributed by atoms with E-state index < -0.39 is 17.8 Å².